The quantitative estimate of drug-likeness (QED) is 0.0438. The Hall–Kier alpha value is -2.16. The van der Waals surface area contributed by atoms with E-state index in [9.17, 15) is 19.2 Å². The number of aliphatic hydroxyl groups excluding tert-OH is 1. The molecule has 264 valence electrons. The maximum absolute atomic E-state index is 12.6. The Bertz CT molecular complexity index is 760. The molecule has 0 fully saturated rings. The molecule has 0 spiro atoms. The summed E-state index contributed by atoms with van der Waals surface area (Å²) < 4.78 is 5.72. The lowest BCUT2D eigenvalue weighted by molar-refractivity contribution is -0.151. The van der Waals surface area contributed by atoms with E-state index in [2.05, 4.69) is 31.4 Å². The van der Waals surface area contributed by atoms with Crippen LogP contribution in [0.5, 0.6) is 0 Å². The standard InChI is InChI=1S/C36H68N2O7/c1-4-5-6-7-8-9-10-13-16-19-22-25-31(27-33(40)37-28-34(41)38-32(29-39)36(43)44)45-35(42)26-23-20-17-14-11-12-15-18-21-24-30(2)3/h30-32,39H,4-29H2,1-3H3,(H,37,40)(H,38,41)(H,43,44)/t31?,32-/m0/s1. The van der Waals surface area contributed by atoms with Crippen LogP contribution < -0.4 is 10.6 Å². The summed E-state index contributed by atoms with van der Waals surface area (Å²) in [5, 5.41) is 22.6. The molecule has 0 heterocycles. The van der Waals surface area contributed by atoms with Crippen LogP contribution in [-0.4, -0.2) is 59.3 Å². The van der Waals surface area contributed by atoms with Gasteiger partial charge in [0.25, 0.3) is 0 Å². The zero-order chi connectivity index (χ0) is 33.5. The summed E-state index contributed by atoms with van der Waals surface area (Å²) in [6.45, 7) is 5.62. The third-order valence-electron chi connectivity index (χ3n) is 8.27. The number of carboxylic acid groups (broad SMARTS) is 1. The van der Waals surface area contributed by atoms with Crippen molar-refractivity contribution in [3.05, 3.63) is 0 Å². The van der Waals surface area contributed by atoms with E-state index >= 15 is 0 Å². The van der Waals surface area contributed by atoms with Crippen LogP contribution >= 0.6 is 0 Å². The molecule has 0 aromatic heterocycles. The lowest BCUT2D eigenvalue weighted by Gasteiger charge is -2.18. The molecule has 2 amide bonds. The minimum Gasteiger partial charge on any atom is -0.480 e. The molecule has 1 unspecified atom stereocenters. The topological polar surface area (TPSA) is 142 Å². The number of esters is 1. The maximum atomic E-state index is 12.6. The van der Waals surface area contributed by atoms with Gasteiger partial charge in [0, 0.05) is 6.42 Å². The molecule has 45 heavy (non-hydrogen) atoms. The first kappa shape index (κ1) is 42.8. The van der Waals surface area contributed by atoms with E-state index in [0.717, 1.165) is 44.4 Å². The van der Waals surface area contributed by atoms with Crippen molar-refractivity contribution in [3.8, 4) is 0 Å². The van der Waals surface area contributed by atoms with Gasteiger partial charge in [-0.1, -0.05) is 143 Å². The van der Waals surface area contributed by atoms with Gasteiger partial charge in [0.15, 0.2) is 0 Å². The third kappa shape index (κ3) is 29.0. The van der Waals surface area contributed by atoms with Gasteiger partial charge in [0.1, 0.15) is 12.1 Å². The fourth-order valence-electron chi connectivity index (χ4n) is 5.43. The summed E-state index contributed by atoms with van der Waals surface area (Å²) in [5.74, 6) is -2.00. The summed E-state index contributed by atoms with van der Waals surface area (Å²) in [6, 6.07) is -1.43. The molecule has 4 N–H and O–H groups in total. The molecule has 0 rings (SSSR count). The lowest BCUT2D eigenvalue weighted by Crippen LogP contribution is -2.47. The highest BCUT2D eigenvalue weighted by Crippen LogP contribution is 2.17. The summed E-state index contributed by atoms with van der Waals surface area (Å²) in [6.07, 6.45) is 25.5. The Morgan fingerprint density at radius 1 is 0.644 bits per heavy atom. The fraction of sp³-hybridized carbons (Fsp3) is 0.889. The second-order valence-electron chi connectivity index (χ2n) is 13.2. The van der Waals surface area contributed by atoms with Crippen LogP contribution in [0.4, 0.5) is 0 Å². The Kier molecular flexibility index (Phi) is 29.0. The number of hydrogen-bond acceptors (Lipinski definition) is 6. The van der Waals surface area contributed by atoms with Crippen molar-refractivity contribution in [1.29, 1.82) is 0 Å². The number of rotatable bonds is 32. The largest absolute Gasteiger partial charge is 0.480 e. The van der Waals surface area contributed by atoms with Crippen molar-refractivity contribution in [3.63, 3.8) is 0 Å². The van der Waals surface area contributed by atoms with E-state index < -0.39 is 43.1 Å². The first-order valence-corrected chi connectivity index (χ1v) is 18.3. The number of carbonyl (C=O) groups is 4. The normalized spacial score (nSPS) is 12.6. The van der Waals surface area contributed by atoms with E-state index in [0.29, 0.717) is 12.8 Å². The smallest absolute Gasteiger partial charge is 0.328 e. The number of carboxylic acids is 1. The van der Waals surface area contributed by atoms with Crippen molar-refractivity contribution in [2.45, 2.75) is 187 Å². The fourth-order valence-corrected chi connectivity index (χ4v) is 5.43. The third-order valence-corrected chi connectivity index (χ3v) is 8.27. The van der Waals surface area contributed by atoms with Crippen LogP contribution in [0.2, 0.25) is 0 Å². The predicted molar refractivity (Wildman–Crippen MR) is 181 cm³/mol. The molecule has 2 atom stereocenters. The molecule has 0 saturated heterocycles. The molecular formula is C36H68N2O7. The van der Waals surface area contributed by atoms with Crippen LogP contribution in [0.25, 0.3) is 0 Å². The zero-order valence-corrected chi connectivity index (χ0v) is 29.1. The predicted octanol–water partition coefficient (Wildman–Crippen LogP) is 7.61. The van der Waals surface area contributed by atoms with Gasteiger partial charge in [-0.15, -0.1) is 0 Å². The number of ether oxygens (including phenoxy) is 1. The number of aliphatic hydroxyl groups is 1. The van der Waals surface area contributed by atoms with E-state index in [-0.39, 0.29) is 12.4 Å². The van der Waals surface area contributed by atoms with Crippen LogP contribution in [0.3, 0.4) is 0 Å². The first-order chi connectivity index (χ1) is 21.7. The number of hydrogen-bond donors (Lipinski definition) is 4. The van der Waals surface area contributed by atoms with Gasteiger partial charge in [-0.3, -0.25) is 14.4 Å². The summed E-state index contributed by atoms with van der Waals surface area (Å²) >= 11 is 0. The van der Waals surface area contributed by atoms with Crippen molar-refractivity contribution >= 4 is 23.8 Å². The second-order valence-corrected chi connectivity index (χ2v) is 13.2. The highest BCUT2D eigenvalue weighted by molar-refractivity contribution is 5.88. The molecule has 9 heteroatoms. The maximum Gasteiger partial charge on any atom is 0.328 e. The molecule has 0 aliphatic rings. The van der Waals surface area contributed by atoms with Gasteiger partial charge in [-0.05, 0) is 25.2 Å². The van der Waals surface area contributed by atoms with E-state index in [1.165, 1.54) is 96.3 Å². The first-order valence-electron chi connectivity index (χ1n) is 18.3. The Labute approximate surface area is 274 Å². The Morgan fingerprint density at radius 2 is 1.11 bits per heavy atom. The summed E-state index contributed by atoms with van der Waals surface area (Å²) in [7, 11) is 0. The van der Waals surface area contributed by atoms with Crippen molar-refractivity contribution in [2.75, 3.05) is 13.2 Å². The van der Waals surface area contributed by atoms with Crippen molar-refractivity contribution < 1.29 is 34.1 Å². The highest BCUT2D eigenvalue weighted by atomic mass is 16.5. The van der Waals surface area contributed by atoms with E-state index in [4.69, 9.17) is 14.9 Å². The van der Waals surface area contributed by atoms with Crippen LogP contribution in [0.15, 0.2) is 0 Å². The number of nitrogens with one attached hydrogen (secondary N) is 2. The lowest BCUT2D eigenvalue weighted by atomic mass is 10.0. The minimum absolute atomic E-state index is 0.0453. The van der Waals surface area contributed by atoms with Gasteiger partial charge in [-0.25, -0.2) is 4.79 Å². The molecule has 0 radical (unpaired) electrons. The van der Waals surface area contributed by atoms with Crippen LogP contribution in [0, 0.1) is 5.92 Å². The van der Waals surface area contributed by atoms with Crippen LogP contribution in [-0.2, 0) is 23.9 Å². The average Bonchev–Trinajstić information content (AvgIpc) is 2.99. The Morgan fingerprint density at radius 3 is 1.58 bits per heavy atom. The molecule has 9 nitrogen and oxygen atoms in total. The molecule has 0 bridgehead atoms. The van der Waals surface area contributed by atoms with E-state index in [1.54, 1.807) is 0 Å². The Balaban J connectivity index is 4.42. The number of unbranched alkanes of at least 4 members (excludes halogenated alkanes) is 18. The second kappa shape index (κ2) is 30.5. The number of carbonyl (C=O) groups excluding carboxylic acids is 3. The molecule has 0 aliphatic carbocycles. The summed E-state index contributed by atoms with van der Waals surface area (Å²) in [4.78, 5) is 48.1. The van der Waals surface area contributed by atoms with E-state index in [1.807, 2.05) is 0 Å². The van der Waals surface area contributed by atoms with Gasteiger partial charge in [0.05, 0.1) is 19.6 Å². The number of aliphatic carboxylic acids is 1. The molecular weight excluding hydrogens is 572 g/mol. The van der Waals surface area contributed by atoms with Crippen LogP contribution in [0.1, 0.15) is 175 Å². The van der Waals surface area contributed by atoms with Crippen molar-refractivity contribution in [1.82, 2.24) is 10.6 Å². The molecule has 0 aromatic rings. The molecule has 0 saturated carbocycles. The van der Waals surface area contributed by atoms with Gasteiger partial charge in [-0.2, -0.15) is 0 Å². The zero-order valence-electron chi connectivity index (χ0n) is 29.1. The monoisotopic (exact) mass is 641 g/mol. The van der Waals surface area contributed by atoms with Gasteiger partial charge >= 0.3 is 11.9 Å². The van der Waals surface area contributed by atoms with Crippen molar-refractivity contribution in [2.24, 2.45) is 5.92 Å². The number of amides is 2. The minimum atomic E-state index is -1.43. The SMILES string of the molecule is CCCCCCCCCCCCCC(CC(=O)NCC(=O)N[C@@H](CO)C(=O)O)OC(=O)CCCCCCCCCCCC(C)C. The molecule has 0 aliphatic heterocycles. The molecule has 0 aromatic carbocycles. The summed E-state index contributed by atoms with van der Waals surface area (Å²) in [5.41, 5.74) is 0. The average molecular weight is 641 g/mol. The van der Waals surface area contributed by atoms with Gasteiger partial charge < -0.3 is 25.6 Å². The highest BCUT2D eigenvalue weighted by Gasteiger charge is 2.21. The van der Waals surface area contributed by atoms with Gasteiger partial charge in [0.2, 0.25) is 11.8 Å².